The smallest absolute Gasteiger partial charge is 0.436 e. The number of benzene rings is 1. The third-order valence-corrected chi connectivity index (χ3v) is 3.28. The molecule has 0 unspecified atom stereocenters. The predicted molar refractivity (Wildman–Crippen MR) is 87.7 cm³/mol. The molecule has 0 bridgehead atoms. The second-order valence-corrected chi connectivity index (χ2v) is 5.17. The lowest BCUT2D eigenvalue weighted by atomic mass is 10.2. The van der Waals surface area contributed by atoms with Crippen molar-refractivity contribution < 1.29 is 22.3 Å². The summed E-state index contributed by atoms with van der Waals surface area (Å²) in [7, 11) is 0. The number of aromatic nitrogens is 1. The van der Waals surface area contributed by atoms with Gasteiger partial charge in [-0.2, -0.15) is 0 Å². The van der Waals surface area contributed by atoms with Gasteiger partial charge in [0.1, 0.15) is 11.3 Å². The van der Waals surface area contributed by atoms with Gasteiger partial charge in [0.15, 0.2) is 5.58 Å². The molecule has 2 aromatic rings. The number of allylic oxidation sites excluding steroid dienone is 6. The van der Waals surface area contributed by atoms with Crippen LogP contribution in [0.3, 0.4) is 0 Å². The molecule has 0 fully saturated rings. The van der Waals surface area contributed by atoms with E-state index in [2.05, 4.69) is 9.72 Å². The third-order valence-electron chi connectivity index (χ3n) is 2.92. The molecule has 128 valence electrons. The number of alkyl halides is 3. The fourth-order valence-electron chi connectivity index (χ4n) is 1.95. The van der Waals surface area contributed by atoms with Crippen molar-refractivity contribution in [1.29, 1.82) is 0 Å². The van der Waals surface area contributed by atoms with E-state index in [1.54, 1.807) is 18.2 Å². The van der Waals surface area contributed by atoms with Crippen LogP contribution in [0, 0.1) is 0 Å². The quantitative estimate of drug-likeness (QED) is 0.596. The molecule has 2 rings (SSSR count). The summed E-state index contributed by atoms with van der Waals surface area (Å²) in [5.74, 6) is -0.133. The van der Waals surface area contributed by atoms with Gasteiger partial charge in [-0.25, -0.2) is 4.98 Å². The number of hydrogen-bond acceptors (Lipinski definition) is 3. The van der Waals surface area contributed by atoms with E-state index in [9.17, 15) is 13.2 Å². The molecule has 1 heterocycles. The van der Waals surface area contributed by atoms with E-state index in [-0.39, 0.29) is 17.2 Å². The lowest BCUT2D eigenvalue weighted by Crippen LogP contribution is -2.16. The molecule has 24 heavy (non-hydrogen) atoms. The molecule has 0 aliphatic rings. The normalized spacial score (nSPS) is 13.9. The molecular weight excluding hydrogens is 343 g/mol. The van der Waals surface area contributed by atoms with E-state index in [4.69, 9.17) is 16.0 Å². The molecule has 0 spiro atoms. The molecule has 0 atom stereocenters. The van der Waals surface area contributed by atoms with Gasteiger partial charge in [-0.05, 0) is 31.6 Å². The monoisotopic (exact) mass is 357 g/mol. The van der Waals surface area contributed by atoms with Crippen molar-refractivity contribution in [3.8, 4) is 5.75 Å². The second kappa shape index (κ2) is 7.57. The van der Waals surface area contributed by atoms with Crippen molar-refractivity contribution in [1.82, 2.24) is 4.98 Å². The minimum Gasteiger partial charge on any atom is -0.436 e. The van der Waals surface area contributed by atoms with Crippen LogP contribution in [-0.4, -0.2) is 11.3 Å². The molecule has 0 radical (unpaired) electrons. The molecule has 3 nitrogen and oxygen atoms in total. The van der Waals surface area contributed by atoms with Gasteiger partial charge in [0, 0.05) is 11.1 Å². The van der Waals surface area contributed by atoms with Gasteiger partial charge in [-0.15, -0.1) is 13.2 Å². The van der Waals surface area contributed by atoms with Crippen LogP contribution in [-0.2, 0) is 0 Å². The van der Waals surface area contributed by atoms with Crippen molar-refractivity contribution >= 4 is 28.3 Å². The minimum absolute atomic E-state index is 0.224. The zero-order chi connectivity index (χ0) is 17.7. The number of oxazole rings is 1. The van der Waals surface area contributed by atoms with Gasteiger partial charge >= 0.3 is 6.36 Å². The minimum atomic E-state index is -4.76. The van der Waals surface area contributed by atoms with Crippen LogP contribution in [0.25, 0.3) is 16.7 Å². The van der Waals surface area contributed by atoms with Gasteiger partial charge < -0.3 is 9.15 Å². The summed E-state index contributed by atoms with van der Waals surface area (Å²) < 4.78 is 46.4. The topological polar surface area (TPSA) is 35.3 Å². The molecule has 1 aromatic carbocycles. The molecule has 1 aromatic heterocycles. The highest BCUT2D eigenvalue weighted by Crippen LogP contribution is 2.31. The maximum absolute atomic E-state index is 12.3. The number of halogens is 4. The van der Waals surface area contributed by atoms with Gasteiger partial charge in [0.05, 0.1) is 5.57 Å². The Labute approximate surface area is 142 Å². The highest BCUT2D eigenvalue weighted by Gasteiger charge is 2.31. The Balaban J connectivity index is 2.46. The van der Waals surface area contributed by atoms with Crippen molar-refractivity contribution in [2.75, 3.05) is 0 Å². The number of rotatable bonds is 5. The Morgan fingerprint density at radius 2 is 2.12 bits per heavy atom. The van der Waals surface area contributed by atoms with E-state index in [1.165, 1.54) is 18.2 Å². The lowest BCUT2D eigenvalue weighted by Gasteiger charge is -2.07. The summed E-state index contributed by atoms with van der Waals surface area (Å²) in [6.45, 7) is 3.78. The van der Waals surface area contributed by atoms with Crippen LogP contribution < -0.4 is 4.74 Å². The first-order valence-corrected chi connectivity index (χ1v) is 7.57. The predicted octanol–water partition coefficient (Wildman–Crippen LogP) is 6.22. The summed E-state index contributed by atoms with van der Waals surface area (Å²) in [5, 5.41) is 0.453. The van der Waals surface area contributed by atoms with Gasteiger partial charge in [0.25, 0.3) is 0 Å². The Morgan fingerprint density at radius 3 is 2.75 bits per heavy atom. The molecule has 0 N–H and O–H groups in total. The number of fused-ring (bicyclic) bond motifs is 1. The third kappa shape index (κ3) is 4.64. The van der Waals surface area contributed by atoms with Crippen LogP contribution in [0.2, 0.25) is 0 Å². The summed E-state index contributed by atoms with van der Waals surface area (Å²) in [5.41, 5.74) is 1.14. The van der Waals surface area contributed by atoms with Gasteiger partial charge in [-0.3, -0.25) is 0 Å². The first kappa shape index (κ1) is 18.1. The van der Waals surface area contributed by atoms with Crippen LogP contribution >= 0.6 is 11.6 Å². The highest BCUT2D eigenvalue weighted by molar-refractivity contribution is 6.36. The van der Waals surface area contributed by atoms with Crippen molar-refractivity contribution in [2.24, 2.45) is 0 Å². The Hall–Kier alpha value is -2.21. The highest BCUT2D eigenvalue weighted by atomic mass is 35.5. The van der Waals surface area contributed by atoms with Crippen LogP contribution in [0.1, 0.15) is 26.2 Å². The lowest BCUT2D eigenvalue weighted by molar-refractivity contribution is -0.274. The summed E-state index contributed by atoms with van der Waals surface area (Å²) >= 11 is 6.25. The van der Waals surface area contributed by atoms with Crippen molar-refractivity contribution in [3.63, 3.8) is 0 Å². The molecule has 0 aliphatic carbocycles. The van der Waals surface area contributed by atoms with E-state index in [1.807, 2.05) is 19.9 Å². The summed E-state index contributed by atoms with van der Waals surface area (Å²) in [6.07, 6.45) is 3.07. The average molecular weight is 358 g/mol. The van der Waals surface area contributed by atoms with Gasteiger partial charge in [-0.1, -0.05) is 36.8 Å². The Morgan fingerprint density at radius 1 is 1.38 bits per heavy atom. The van der Waals surface area contributed by atoms with Gasteiger partial charge in [0.2, 0.25) is 5.89 Å². The zero-order valence-corrected chi connectivity index (χ0v) is 13.8. The van der Waals surface area contributed by atoms with Crippen LogP contribution in [0.4, 0.5) is 13.2 Å². The first-order valence-electron chi connectivity index (χ1n) is 7.19. The molecule has 7 heteroatoms. The Bertz CT molecular complexity index is 804. The average Bonchev–Trinajstić information content (AvgIpc) is 2.89. The number of ether oxygens (including phenoxy) is 1. The summed E-state index contributed by atoms with van der Waals surface area (Å²) in [6, 6.07) is 3.71. The molecular formula is C17H15ClF3NO2. The fraction of sp³-hybridized carbons (Fsp3) is 0.235. The largest absolute Gasteiger partial charge is 0.573 e. The summed E-state index contributed by atoms with van der Waals surface area (Å²) in [4.78, 5) is 4.22. The van der Waals surface area contributed by atoms with E-state index >= 15 is 0 Å². The SMILES string of the molecule is CC=CC=C(C(Cl)=CCC)c1nc2cc(OC(F)(F)F)ccc2o1. The van der Waals surface area contributed by atoms with Crippen LogP contribution in [0.5, 0.6) is 5.75 Å². The number of hydrogen-bond donors (Lipinski definition) is 0. The van der Waals surface area contributed by atoms with Crippen molar-refractivity contribution in [3.05, 3.63) is 53.4 Å². The molecule has 0 saturated carbocycles. The first-order chi connectivity index (χ1) is 11.3. The molecule has 0 saturated heterocycles. The molecule has 0 aliphatic heterocycles. The zero-order valence-electron chi connectivity index (χ0n) is 13.0. The Kier molecular flexibility index (Phi) is 5.72. The second-order valence-electron chi connectivity index (χ2n) is 4.76. The fourth-order valence-corrected chi connectivity index (χ4v) is 2.25. The standard InChI is InChI=1S/C17H15ClF3NO2/c1-3-5-7-12(13(18)6-4-2)16-22-14-10-11(24-17(19,20)21)8-9-15(14)23-16/h3,5-10H,4H2,1-2H3. The number of nitrogens with zero attached hydrogens (tertiary/aromatic N) is 1. The maximum Gasteiger partial charge on any atom is 0.573 e. The van der Waals surface area contributed by atoms with Crippen molar-refractivity contribution in [2.45, 2.75) is 26.6 Å². The molecule has 0 amide bonds. The van der Waals surface area contributed by atoms with E-state index in [0.29, 0.717) is 16.2 Å². The maximum atomic E-state index is 12.3. The van der Waals surface area contributed by atoms with Crippen LogP contribution in [0.15, 0.2) is 52.0 Å². The van der Waals surface area contributed by atoms with E-state index < -0.39 is 6.36 Å². The van der Waals surface area contributed by atoms with E-state index in [0.717, 1.165) is 6.42 Å².